The van der Waals surface area contributed by atoms with Crippen LogP contribution >= 0.6 is 23.4 Å². The Morgan fingerprint density at radius 2 is 1.44 bits per heavy atom. The number of imide groups is 1. The third-order valence-electron chi connectivity index (χ3n) is 6.64. The number of urea groups is 1. The predicted molar refractivity (Wildman–Crippen MR) is 150 cm³/mol. The molecule has 10 heteroatoms. The summed E-state index contributed by atoms with van der Waals surface area (Å²) in [7, 11) is 0. The number of carbonyl (C=O) groups is 3. The Hall–Kier alpha value is -4.21. The summed E-state index contributed by atoms with van der Waals surface area (Å²) in [5, 5.41) is 0.966. The Labute approximate surface area is 234 Å². The number of nitrogens with zero attached hydrogens (tertiary/aromatic N) is 5. The van der Waals surface area contributed by atoms with Crippen molar-refractivity contribution < 1.29 is 14.4 Å². The minimum atomic E-state index is -0.370. The number of halogens is 1. The van der Waals surface area contributed by atoms with Crippen LogP contribution in [0.5, 0.6) is 0 Å². The zero-order chi connectivity index (χ0) is 26.9. The minimum absolute atomic E-state index is 0.0182. The Morgan fingerprint density at radius 1 is 0.795 bits per heavy atom. The summed E-state index contributed by atoms with van der Waals surface area (Å²) in [6, 6.07) is 23.5. The van der Waals surface area contributed by atoms with Crippen LogP contribution in [-0.4, -0.2) is 45.8 Å². The van der Waals surface area contributed by atoms with E-state index in [1.54, 1.807) is 53.6 Å². The standard InChI is InChI=1S/C29H22ClN5O3S/c30-23-12-6-7-13-24(23)35-17-20-16-31-28(39-18-19-8-2-1-3-9-19)32-25(20)33(29(35)38)14-15-34-26(36)21-10-4-5-11-22(21)27(34)37/h1-13,16H,14-15,17-18H2. The zero-order valence-corrected chi connectivity index (χ0v) is 22.2. The number of carbonyl (C=O) groups excluding carboxylic acids is 3. The van der Waals surface area contributed by atoms with Gasteiger partial charge in [0, 0.05) is 30.6 Å². The van der Waals surface area contributed by atoms with E-state index in [1.165, 1.54) is 21.6 Å². The van der Waals surface area contributed by atoms with Gasteiger partial charge in [0.2, 0.25) is 0 Å². The summed E-state index contributed by atoms with van der Waals surface area (Å²) in [6.45, 7) is 0.327. The van der Waals surface area contributed by atoms with Crippen LogP contribution in [0.15, 0.2) is 90.2 Å². The van der Waals surface area contributed by atoms with E-state index >= 15 is 0 Å². The van der Waals surface area contributed by atoms with Crippen molar-refractivity contribution in [3.63, 3.8) is 0 Å². The molecule has 0 bridgehead atoms. The van der Waals surface area contributed by atoms with E-state index in [0.29, 0.717) is 38.6 Å². The van der Waals surface area contributed by atoms with Crippen molar-refractivity contribution in [3.05, 3.63) is 112 Å². The highest BCUT2D eigenvalue weighted by Crippen LogP contribution is 2.35. The SMILES string of the molecule is O=C1c2ccccc2C(=O)N1CCN1C(=O)N(c2ccccc2Cl)Cc2cnc(SCc3ccccc3)nc21. The van der Waals surface area contributed by atoms with Crippen LogP contribution in [0.25, 0.3) is 0 Å². The lowest BCUT2D eigenvalue weighted by molar-refractivity contribution is 0.0658. The highest BCUT2D eigenvalue weighted by atomic mass is 35.5. The fraction of sp³-hybridized carbons (Fsp3) is 0.138. The largest absolute Gasteiger partial charge is 0.330 e. The van der Waals surface area contributed by atoms with Crippen LogP contribution in [0.1, 0.15) is 31.8 Å². The number of hydrogen-bond acceptors (Lipinski definition) is 6. The van der Waals surface area contributed by atoms with E-state index in [1.807, 2.05) is 36.4 Å². The van der Waals surface area contributed by atoms with Gasteiger partial charge in [0.15, 0.2) is 5.16 Å². The second-order valence-electron chi connectivity index (χ2n) is 9.05. The highest BCUT2D eigenvalue weighted by molar-refractivity contribution is 7.98. The monoisotopic (exact) mass is 555 g/mol. The van der Waals surface area contributed by atoms with Gasteiger partial charge in [0.05, 0.1) is 28.4 Å². The van der Waals surface area contributed by atoms with E-state index in [-0.39, 0.29) is 37.5 Å². The molecule has 0 atom stereocenters. The molecule has 0 spiro atoms. The number of para-hydroxylation sites is 1. The summed E-state index contributed by atoms with van der Waals surface area (Å²) < 4.78 is 0. The quantitative estimate of drug-likeness (QED) is 0.166. The van der Waals surface area contributed by atoms with E-state index in [2.05, 4.69) is 4.98 Å². The number of amides is 4. The third kappa shape index (κ3) is 4.75. The Morgan fingerprint density at radius 3 is 2.15 bits per heavy atom. The smallest absolute Gasteiger partial charge is 0.288 e. The van der Waals surface area contributed by atoms with Crippen LogP contribution in [-0.2, 0) is 12.3 Å². The number of fused-ring (bicyclic) bond motifs is 2. The fourth-order valence-corrected chi connectivity index (χ4v) is 5.70. The molecule has 3 aromatic carbocycles. The van der Waals surface area contributed by atoms with Crippen LogP contribution in [0.3, 0.4) is 0 Å². The molecule has 1 aromatic heterocycles. The molecule has 194 valence electrons. The molecule has 3 heterocycles. The average molecular weight is 556 g/mol. The molecule has 0 saturated heterocycles. The first-order valence-electron chi connectivity index (χ1n) is 12.3. The van der Waals surface area contributed by atoms with E-state index < -0.39 is 0 Å². The molecule has 0 fully saturated rings. The Bertz CT molecular complexity index is 1560. The summed E-state index contributed by atoms with van der Waals surface area (Å²) in [4.78, 5) is 53.3. The van der Waals surface area contributed by atoms with Crippen molar-refractivity contribution in [1.29, 1.82) is 0 Å². The van der Waals surface area contributed by atoms with Crippen LogP contribution in [0.4, 0.5) is 16.3 Å². The molecule has 0 N–H and O–H groups in total. The normalized spacial score (nSPS) is 14.6. The molecular weight excluding hydrogens is 534 g/mol. The number of rotatable bonds is 7. The van der Waals surface area contributed by atoms with Gasteiger partial charge in [-0.15, -0.1) is 0 Å². The predicted octanol–water partition coefficient (Wildman–Crippen LogP) is 5.67. The molecule has 39 heavy (non-hydrogen) atoms. The third-order valence-corrected chi connectivity index (χ3v) is 7.90. The molecular formula is C29H22ClN5O3S. The molecule has 0 unspecified atom stereocenters. The van der Waals surface area contributed by atoms with Crippen molar-refractivity contribution in [2.45, 2.75) is 17.5 Å². The maximum Gasteiger partial charge on any atom is 0.330 e. The average Bonchev–Trinajstić information content (AvgIpc) is 3.21. The number of aromatic nitrogens is 2. The van der Waals surface area contributed by atoms with Crippen LogP contribution in [0.2, 0.25) is 5.02 Å². The summed E-state index contributed by atoms with van der Waals surface area (Å²) in [6.07, 6.45) is 1.72. The second-order valence-corrected chi connectivity index (χ2v) is 10.4. The van der Waals surface area contributed by atoms with Gasteiger partial charge in [-0.3, -0.25) is 24.3 Å². The van der Waals surface area contributed by atoms with Gasteiger partial charge < -0.3 is 0 Å². The van der Waals surface area contributed by atoms with Crippen molar-refractivity contribution in [2.24, 2.45) is 0 Å². The minimum Gasteiger partial charge on any atom is -0.288 e. The maximum atomic E-state index is 13.9. The first kappa shape index (κ1) is 25.1. The lowest BCUT2D eigenvalue weighted by Gasteiger charge is -2.37. The van der Waals surface area contributed by atoms with Crippen LogP contribution < -0.4 is 9.80 Å². The van der Waals surface area contributed by atoms with E-state index in [0.717, 1.165) is 11.1 Å². The highest BCUT2D eigenvalue weighted by Gasteiger charge is 2.38. The van der Waals surface area contributed by atoms with Crippen LogP contribution in [0, 0.1) is 0 Å². The van der Waals surface area contributed by atoms with Gasteiger partial charge in [-0.1, -0.05) is 78.0 Å². The second kappa shape index (κ2) is 10.5. The molecule has 0 radical (unpaired) electrons. The fourth-order valence-electron chi connectivity index (χ4n) is 4.70. The van der Waals surface area contributed by atoms with Gasteiger partial charge >= 0.3 is 6.03 Å². The Kier molecular flexibility index (Phi) is 6.76. The van der Waals surface area contributed by atoms with Crippen molar-refractivity contribution in [3.8, 4) is 0 Å². The lowest BCUT2D eigenvalue weighted by atomic mass is 10.1. The number of anilines is 2. The number of thioether (sulfide) groups is 1. The zero-order valence-electron chi connectivity index (χ0n) is 20.7. The molecule has 0 aliphatic carbocycles. The molecule has 8 nitrogen and oxygen atoms in total. The van der Waals surface area contributed by atoms with Gasteiger partial charge in [0.25, 0.3) is 11.8 Å². The van der Waals surface area contributed by atoms with Crippen molar-refractivity contribution >= 4 is 52.7 Å². The number of hydrogen-bond donors (Lipinski definition) is 0. The summed E-state index contributed by atoms with van der Waals surface area (Å²) in [5.41, 5.74) is 3.16. The molecule has 2 aliphatic rings. The molecule has 2 aliphatic heterocycles. The lowest BCUT2D eigenvalue weighted by Crippen LogP contribution is -2.51. The maximum absolute atomic E-state index is 13.9. The van der Waals surface area contributed by atoms with Gasteiger partial charge in [-0.25, -0.2) is 14.8 Å². The Balaban J connectivity index is 1.30. The van der Waals surface area contributed by atoms with Gasteiger partial charge in [0.1, 0.15) is 5.82 Å². The van der Waals surface area contributed by atoms with Gasteiger partial charge in [-0.05, 0) is 29.8 Å². The van der Waals surface area contributed by atoms with E-state index in [4.69, 9.17) is 16.6 Å². The van der Waals surface area contributed by atoms with Crippen molar-refractivity contribution in [2.75, 3.05) is 22.9 Å². The first-order valence-corrected chi connectivity index (χ1v) is 13.7. The topological polar surface area (TPSA) is 86.7 Å². The molecule has 6 rings (SSSR count). The first-order chi connectivity index (χ1) is 19.0. The van der Waals surface area contributed by atoms with E-state index in [9.17, 15) is 14.4 Å². The number of benzene rings is 3. The molecule has 4 amide bonds. The molecule has 4 aromatic rings. The summed E-state index contributed by atoms with van der Waals surface area (Å²) in [5.74, 6) is 0.398. The van der Waals surface area contributed by atoms with Gasteiger partial charge in [-0.2, -0.15) is 0 Å². The summed E-state index contributed by atoms with van der Waals surface area (Å²) >= 11 is 7.92. The van der Waals surface area contributed by atoms with Crippen molar-refractivity contribution in [1.82, 2.24) is 14.9 Å². The molecule has 0 saturated carbocycles.